The molecule has 0 saturated carbocycles. The Kier molecular flexibility index (Phi) is 6.91. The van der Waals surface area contributed by atoms with Crippen LogP contribution in [0, 0.1) is 19.8 Å². The van der Waals surface area contributed by atoms with E-state index in [9.17, 15) is 15.0 Å². The summed E-state index contributed by atoms with van der Waals surface area (Å²) in [5, 5.41) is 33.2. The second-order valence-corrected chi connectivity index (χ2v) is 8.87. The van der Waals surface area contributed by atoms with E-state index in [1.165, 1.54) is 0 Å². The first-order chi connectivity index (χ1) is 15.9. The van der Waals surface area contributed by atoms with Gasteiger partial charge in [-0.1, -0.05) is 13.8 Å². The molecule has 0 radical (unpaired) electrons. The summed E-state index contributed by atoms with van der Waals surface area (Å²) in [7, 11) is 1.99. The third-order valence-corrected chi connectivity index (χ3v) is 5.67. The van der Waals surface area contributed by atoms with E-state index in [1.807, 2.05) is 37.7 Å². The smallest absolute Gasteiger partial charge is 0.350 e. The van der Waals surface area contributed by atoms with E-state index in [4.69, 9.17) is 9.90 Å². The molecule has 8 heteroatoms. The molecule has 0 aliphatic carbocycles. The minimum Gasteiger partial charge on any atom is -0.550 e. The number of aryl methyl sites for hydroxylation is 3. The Bertz CT molecular complexity index is 1460. The van der Waals surface area contributed by atoms with E-state index in [2.05, 4.69) is 36.1 Å². The second-order valence-electron chi connectivity index (χ2n) is 8.87. The lowest BCUT2D eigenvalue weighted by Crippen LogP contribution is -2.26. The number of fused-ring (bicyclic) bond motifs is 4. The molecule has 0 amide bonds. The van der Waals surface area contributed by atoms with Crippen LogP contribution in [0.1, 0.15) is 38.3 Å². The molecule has 2 aromatic carbocycles. The highest BCUT2D eigenvalue weighted by atomic mass is 16.4. The third kappa shape index (κ3) is 4.71. The standard InChI is InChI=1S/C24H25N3O3.C2H4O2/c1-12(2)10-18(24(29)30)26-23-19(28)7-6-17-21(23)20-13(3)16-11-27(5)9-8-15(16)14(4)22(20)25-17;1-2(3)4/h6-9,11-12H,10H2,1-5H3,(H2,28,29,30);1H3,(H,3,4). The number of rotatable bonds is 4. The number of nitrogens with zero attached hydrogens (tertiary/aromatic N) is 2. The minimum absolute atomic E-state index is 0.0262. The van der Waals surface area contributed by atoms with Gasteiger partial charge in [0, 0.05) is 33.7 Å². The van der Waals surface area contributed by atoms with Crippen LogP contribution in [-0.2, 0) is 16.6 Å². The number of phenols is 1. The fourth-order valence-electron chi connectivity index (χ4n) is 4.22. The van der Waals surface area contributed by atoms with Gasteiger partial charge >= 0.3 is 5.97 Å². The van der Waals surface area contributed by atoms with Crippen LogP contribution in [0.15, 0.2) is 35.6 Å². The van der Waals surface area contributed by atoms with Gasteiger partial charge in [-0.3, -0.25) is 0 Å². The van der Waals surface area contributed by atoms with Crippen LogP contribution in [0.2, 0.25) is 0 Å². The number of benzene rings is 2. The zero-order valence-electron chi connectivity index (χ0n) is 20.2. The zero-order chi connectivity index (χ0) is 25.3. The molecule has 8 nitrogen and oxygen atoms in total. The molecule has 4 aromatic rings. The van der Waals surface area contributed by atoms with Crippen molar-refractivity contribution in [2.45, 2.75) is 41.0 Å². The van der Waals surface area contributed by atoms with Crippen LogP contribution >= 0.6 is 0 Å². The average molecular weight is 464 g/mol. The lowest BCUT2D eigenvalue weighted by atomic mass is 9.96. The molecule has 0 aliphatic rings. The number of aromatic amines is 1. The molecule has 0 fully saturated rings. The summed E-state index contributed by atoms with van der Waals surface area (Å²) in [6.45, 7) is 9.00. The van der Waals surface area contributed by atoms with Crippen molar-refractivity contribution in [2.75, 3.05) is 0 Å². The fraction of sp³-hybridized carbons (Fsp3) is 0.308. The van der Waals surface area contributed by atoms with Crippen LogP contribution in [0.25, 0.3) is 32.6 Å². The van der Waals surface area contributed by atoms with E-state index in [-0.39, 0.29) is 17.4 Å². The maximum Gasteiger partial charge on any atom is 0.350 e. The van der Waals surface area contributed by atoms with Crippen molar-refractivity contribution in [3.05, 3.63) is 41.7 Å². The van der Waals surface area contributed by atoms with Crippen molar-refractivity contribution in [2.24, 2.45) is 18.0 Å². The van der Waals surface area contributed by atoms with Crippen LogP contribution < -0.4 is 9.67 Å². The Morgan fingerprint density at radius 3 is 2.35 bits per heavy atom. The predicted octanol–water partition coefficient (Wildman–Crippen LogP) is 3.58. The Balaban J connectivity index is 0.000000751. The number of aromatic hydroxyl groups is 1. The fourth-order valence-corrected chi connectivity index (χ4v) is 4.22. The van der Waals surface area contributed by atoms with Crippen LogP contribution in [-0.4, -0.2) is 32.8 Å². The number of aliphatic carboxylic acids is 2. The maximum atomic E-state index is 11.8. The molecule has 0 atom stereocenters. The number of aliphatic imine (C=N–C) groups is 1. The Morgan fingerprint density at radius 1 is 1.12 bits per heavy atom. The molecule has 3 N–H and O–H groups in total. The quantitative estimate of drug-likeness (QED) is 0.315. The molecule has 4 rings (SSSR count). The number of pyridine rings is 1. The molecular weight excluding hydrogens is 434 g/mol. The molecule has 0 saturated heterocycles. The molecule has 0 spiro atoms. The van der Waals surface area contributed by atoms with Crippen molar-refractivity contribution < 1.29 is 29.5 Å². The number of hydrogen-bond donors (Lipinski definition) is 3. The van der Waals surface area contributed by atoms with E-state index < -0.39 is 11.9 Å². The number of H-pyrrole nitrogens is 1. The van der Waals surface area contributed by atoms with Crippen LogP contribution in [0.3, 0.4) is 0 Å². The lowest BCUT2D eigenvalue weighted by molar-refractivity contribution is -0.670. The van der Waals surface area contributed by atoms with E-state index in [1.54, 1.807) is 6.07 Å². The molecule has 0 unspecified atom stereocenters. The summed E-state index contributed by atoms with van der Waals surface area (Å²) in [5.74, 6) is -2.04. The number of carbonyl (C=O) groups excluding carboxylic acids is 1. The summed E-state index contributed by atoms with van der Waals surface area (Å²) in [5.41, 5.74) is 4.32. The van der Waals surface area contributed by atoms with Crippen LogP contribution in [0.5, 0.6) is 5.75 Å². The second kappa shape index (κ2) is 9.51. The summed E-state index contributed by atoms with van der Waals surface area (Å²) >= 11 is 0. The van der Waals surface area contributed by atoms with Gasteiger partial charge in [0.25, 0.3) is 0 Å². The first kappa shape index (κ1) is 24.7. The summed E-state index contributed by atoms with van der Waals surface area (Å²) < 4.78 is 2.01. The van der Waals surface area contributed by atoms with Crippen molar-refractivity contribution in [1.29, 1.82) is 0 Å². The third-order valence-electron chi connectivity index (χ3n) is 5.67. The van der Waals surface area contributed by atoms with Gasteiger partial charge in [0.05, 0.1) is 5.52 Å². The van der Waals surface area contributed by atoms with Crippen molar-refractivity contribution in [3.8, 4) is 5.75 Å². The predicted molar refractivity (Wildman–Crippen MR) is 130 cm³/mol. The van der Waals surface area contributed by atoms with Crippen LogP contribution in [0.4, 0.5) is 5.69 Å². The summed E-state index contributed by atoms with van der Waals surface area (Å²) in [6.07, 6.45) is 4.43. The molecular formula is C26H29N3O5. The first-order valence-electron chi connectivity index (χ1n) is 11.0. The molecule has 34 heavy (non-hydrogen) atoms. The highest BCUT2D eigenvalue weighted by molar-refractivity contribution is 6.36. The molecule has 0 bridgehead atoms. The number of carboxylic acid groups (broad SMARTS) is 2. The molecule has 2 aromatic heterocycles. The highest BCUT2D eigenvalue weighted by Crippen LogP contribution is 2.43. The van der Waals surface area contributed by atoms with Gasteiger partial charge in [-0.15, -0.1) is 0 Å². The molecule has 2 heterocycles. The Morgan fingerprint density at radius 2 is 1.76 bits per heavy atom. The Hall–Kier alpha value is -3.94. The number of hydrogen-bond acceptors (Lipinski definition) is 5. The lowest BCUT2D eigenvalue weighted by Gasteiger charge is -2.10. The van der Waals surface area contributed by atoms with Gasteiger partial charge in [0.2, 0.25) is 0 Å². The summed E-state index contributed by atoms with van der Waals surface area (Å²) in [6, 6.07) is 5.48. The zero-order valence-corrected chi connectivity index (χ0v) is 20.2. The van der Waals surface area contributed by atoms with E-state index in [0.29, 0.717) is 12.1 Å². The van der Waals surface area contributed by atoms with Gasteiger partial charge in [-0.2, -0.15) is 0 Å². The van der Waals surface area contributed by atoms with E-state index >= 15 is 0 Å². The number of carbonyl (C=O) groups is 2. The summed E-state index contributed by atoms with van der Waals surface area (Å²) in [4.78, 5) is 28.6. The largest absolute Gasteiger partial charge is 0.550 e. The number of aromatic nitrogens is 2. The van der Waals surface area contributed by atoms with Gasteiger partial charge in [0.1, 0.15) is 24.2 Å². The monoisotopic (exact) mass is 463 g/mol. The van der Waals surface area contributed by atoms with Crippen molar-refractivity contribution in [3.63, 3.8) is 0 Å². The number of phenolic OH excluding ortho intramolecular Hbond substituents is 1. The minimum atomic E-state index is -1.08. The van der Waals surface area contributed by atoms with E-state index in [0.717, 1.165) is 50.6 Å². The van der Waals surface area contributed by atoms with Gasteiger partial charge in [-0.25, -0.2) is 14.4 Å². The van der Waals surface area contributed by atoms with Gasteiger partial charge < -0.3 is 25.1 Å². The Labute approximate surface area is 197 Å². The van der Waals surface area contributed by atoms with Crippen molar-refractivity contribution >= 4 is 55.9 Å². The van der Waals surface area contributed by atoms with Crippen molar-refractivity contribution in [1.82, 2.24) is 4.98 Å². The van der Waals surface area contributed by atoms with Gasteiger partial charge in [-0.05, 0) is 61.8 Å². The SMILES string of the molecule is CC(=O)[O-].Cc1c2cc[n+](C)cc2c(C)c2c1[nH]c1ccc(O)c(N=C(CC(C)C)C(=O)O)c12. The average Bonchev–Trinajstić information content (AvgIpc) is 3.12. The topological polar surface area (TPSA) is 130 Å². The number of carboxylic acids is 2. The maximum absolute atomic E-state index is 11.8. The number of nitrogens with one attached hydrogen (secondary N) is 1. The molecule has 0 aliphatic heterocycles. The normalized spacial score (nSPS) is 11.8. The molecule has 178 valence electrons. The highest BCUT2D eigenvalue weighted by Gasteiger charge is 2.21. The first-order valence-corrected chi connectivity index (χ1v) is 11.0. The van der Waals surface area contributed by atoms with Gasteiger partial charge in [0.15, 0.2) is 12.4 Å².